The molecule has 1 heterocycles. The zero-order valence-electron chi connectivity index (χ0n) is 7.89. The van der Waals surface area contributed by atoms with Crippen LogP contribution in [0.2, 0.25) is 0 Å². The molecular formula is C10H19ClO. The topological polar surface area (TPSA) is 12.5 Å². The highest BCUT2D eigenvalue weighted by Crippen LogP contribution is 2.28. The largest absolute Gasteiger partial charge is 0.368 e. The lowest BCUT2D eigenvalue weighted by atomic mass is 10.1. The van der Waals surface area contributed by atoms with Crippen molar-refractivity contribution in [2.45, 2.75) is 57.7 Å². The quantitative estimate of drug-likeness (QED) is 0.341. The highest BCUT2D eigenvalue weighted by Gasteiger charge is 2.36. The molecule has 2 heteroatoms. The van der Waals surface area contributed by atoms with E-state index in [4.69, 9.17) is 16.3 Å². The monoisotopic (exact) mass is 190 g/mol. The third kappa shape index (κ3) is 3.77. The van der Waals surface area contributed by atoms with Crippen molar-refractivity contribution in [3.05, 3.63) is 0 Å². The summed E-state index contributed by atoms with van der Waals surface area (Å²) in [5.41, 5.74) is 0. The lowest BCUT2D eigenvalue weighted by molar-refractivity contribution is 0.365. The van der Waals surface area contributed by atoms with E-state index < -0.39 is 0 Å². The second-order valence-electron chi connectivity index (χ2n) is 3.57. The molecule has 0 aromatic rings. The number of ether oxygens (including phenoxy) is 1. The first-order valence-corrected chi connectivity index (χ1v) is 5.63. The summed E-state index contributed by atoms with van der Waals surface area (Å²) in [6.07, 6.45) is 8.88. The van der Waals surface area contributed by atoms with Gasteiger partial charge in [0.05, 0.1) is 18.1 Å². The van der Waals surface area contributed by atoms with E-state index in [2.05, 4.69) is 6.92 Å². The summed E-state index contributed by atoms with van der Waals surface area (Å²) in [5, 5.41) is 0. The summed E-state index contributed by atoms with van der Waals surface area (Å²) in [7, 11) is 0. The molecule has 0 aromatic carbocycles. The van der Waals surface area contributed by atoms with Gasteiger partial charge in [0.25, 0.3) is 0 Å². The van der Waals surface area contributed by atoms with Crippen LogP contribution in [-0.4, -0.2) is 18.1 Å². The number of rotatable bonds is 7. The Kier molecular flexibility index (Phi) is 5.01. The summed E-state index contributed by atoms with van der Waals surface area (Å²) >= 11 is 5.63. The highest BCUT2D eigenvalue weighted by atomic mass is 35.5. The van der Waals surface area contributed by atoms with E-state index in [0.717, 1.165) is 0 Å². The molecule has 2 atom stereocenters. The Hall–Kier alpha value is 0.250. The van der Waals surface area contributed by atoms with Crippen molar-refractivity contribution in [3.63, 3.8) is 0 Å². The summed E-state index contributed by atoms with van der Waals surface area (Å²) in [6, 6.07) is 0. The smallest absolute Gasteiger partial charge is 0.0976 e. The second kappa shape index (κ2) is 5.82. The normalized spacial score (nSPS) is 27.5. The van der Waals surface area contributed by atoms with Crippen LogP contribution in [0.1, 0.15) is 45.4 Å². The number of hydrogen-bond donors (Lipinski definition) is 0. The molecule has 72 valence electrons. The standard InChI is InChI=1S/C10H19ClO/c1-2-3-4-5-6-7-9-10(8-11)12-9/h9-10H,2-8H2,1H3/t9-,10+/m1/s1. The Bertz CT molecular complexity index is 116. The van der Waals surface area contributed by atoms with E-state index in [1.165, 1.54) is 38.5 Å². The van der Waals surface area contributed by atoms with Crippen LogP contribution in [0.25, 0.3) is 0 Å². The van der Waals surface area contributed by atoms with Gasteiger partial charge in [0.2, 0.25) is 0 Å². The number of halogens is 1. The second-order valence-corrected chi connectivity index (χ2v) is 3.88. The molecule has 1 nitrogen and oxygen atoms in total. The summed E-state index contributed by atoms with van der Waals surface area (Å²) in [4.78, 5) is 0. The maximum absolute atomic E-state index is 5.63. The average molecular weight is 191 g/mol. The van der Waals surface area contributed by atoms with E-state index in [-0.39, 0.29) is 0 Å². The molecule has 0 unspecified atom stereocenters. The van der Waals surface area contributed by atoms with Gasteiger partial charge in [-0.05, 0) is 6.42 Å². The molecule has 1 aliphatic heterocycles. The van der Waals surface area contributed by atoms with Crippen molar-refractivity contribution in [2.75, 3.05) is 5.88 Å². The van der Waals surface area contributed by atoms with Crippen molar-refractivity contribution < 1.29 is 4.74 Å². The van der Waals surface area contributed by atoms with Gasteiger partial charge in [-0.25, -0.2) is 0 Å². The van der Waals surface area contributed by atoms with E-state index in [1.54, 1.807) is 0 Å². The fraction of sp³-hybridized carbons (Fsp3) is 1.00. The third-order valence-corrected chi connectivity index (χ3v) is 2.74. The van der Waals surface area contributed by atoms with Gasteiger partial charge in [-0.1, -0.05) is 39.0 Å². The Balaban J connectivity index is 1.78. The summed E-state index contributed by atoms with van der Waals surface area (Å²) in [5.74, 6) is 0.680. The molecule has 1 fully saturated rings. The molecule has 1 rings (SSSR count). The SMILES string of the molecule is CCCCCCC[C@H]1O[C@H]1CCl. The van der Waals surface area contributed by atoms with Gasteiger partial charge in [-0.3, -0.25) is 0 Å². The Morgan fingerprint density at radius 3 is 2.42 bits per heavy atom. The lowest BCUT2D eigenvalue weighted by Gasteiger charge is -1.96. The molecular weight excluding hydrogens is 172 g/mol. The Morgan fingerprint density at radius 1 is 1.08 bits per heavy atom. The summed E-state index contributed by atoms with van der Waals surface area (Å²) < 4.78 is 5.34. The molecule has 0 amide bonds. The predicted octanol–water partition coefficient (Wildman–Crippen LogP) is 3.35. The Labute approximate surface area is 80.4 Å². The van der Waals surface area contributed by atoms with E-state index in [0.29, 0.717) is 18.1 Å². The number of hydrogen-bond acceptors (Lipinski definition) is 1. The minimum atomic E-state index is 0.387. The van der Waals surface area contributed by atoms with Crippen molar-refractivity contribution in [3.8, 4) is 0 Å². The van der Waals surface area contributed by atoms with Gasteiger partial charge in [-0.2, -0.15) is 0 Å². The summed E-state index contributed by atoms with van der Waals surface area (Å²) in [6.45, 7) is 2.24. The van der Waals surface area contributed by atoms with E-state index in [9.17, 15) is 0 Å². The van der Waals surface area contributed by atoms with Crippen molar-refractivity contribution in [1.82, 2.24) is 0 Å². The van der Waals surface area contributed by atoms with Gasteiger partial charge < -0.3 is 4.74 Å². The first kappa shape index (κ1) is 10.3. The zero-order chi connectivity index (χ0) is 8.81. The Morgan fingerprint density at radius 2 is 1.83 bits per heavy atom. The molecule has 1 saturated heterocycles. The third-order valence-electron chi connectivity index (χ3n) is 2.43. The molecule has 0 N–H and O–H groups in total. The lowest BCUT2D eigenvalue weighted by Crippen LogP contribution is -1.94. The fourth-order valence-electron chi connectivity index (χ4n) is 1.52. The van der Waals surface area contributed by atoms with Gasteiger partial charge in [-0.15, -0.1) is 11.6 Å². The molecule has 12 heavy (non-hydrogen) atoms. The van der Waals surface area contributed by atoms with Crippen LogP contribution < -0.4 is 0 Å². The average Bonchev–Trinajstić information content (AvgIpc) is 2.83. The number of unbranched alkanes of at least 4 members (excludes halogenated alkanes) is 4. The maximum atomic E-state index is 5.63. The van der Waals surface area contributed by atoms with Crippen LogP contribution in [0.4, 0.5) is 0 Å². The molecule has 0 bridgehead atoms. The van der Waals surface area contributed by atoms with Crippen LogP contribution >= 0.6 is 11.6 Å². The fourth-order valence-corrected chi connectivity index (χ4v) is 1.79. The minimum absolute atomic E-state index is 0.387. The molecule has 0 saturated carbocycles. The van der Waals surface area contributed by atoms with Crippen LogP contribution in [0.15, 0.2) is 0 Å². The van der Waals surface area contributed by atoms with Gasteiger partial charge in [0.15, 0.2) is 0 Å². The number of epoxide rings is 1. The predicted molar refractivity (Wildman–Crippen MR) is 52.8 cm³/mol. The molecule has 0 aromatic heterocycles. The van der Waals surface area contributed by atoms with Crippen LogP contribution in [-0.2, 0) is 4.74 Å². The molecule has 1 aliphatic rings. The van der Waals surface area contributed by atoms with Gasteiger partial charge in [0, 0.05) is 0 Å². The minimum Gasteiger partial charge on any atom is -0.368 e. The maximum Gasteiger partial charge on any atom is 0.0976 e. The number of alkyl halides is 1. The van der Waals surface area contributed by atoms with Crippen molar-refractivity contribution in [2.24, 2.45) is 0 Å². The highest BCUT2D eigenvalue weighted by molar-refractivity contribution is 6.18. The van der Waals surface area contributed by atoms with Gasteiger partial charge in [0.1, 0.15) is 0 Å². The van der Waals surface area contributed by atoms with Crippen molar-refractivity contribution in [1.29, 1.82) is 0 Å². The van der Waals surface area contributed by atoms with Crippen LogP contribution in [0, 0.1) is 0 Å². The molecule has 0 aliphatic carbocycles. The van der Waals surface area contributed by atoms with Crippen molar-refractivity contribution >= 4 is 11.6 Å². The molecule has 0 radical (unpaired) electrons. The first-order valence-electron chi connectivity index (χ1n) is 5.10. The zero-order valence-corrected chi connectivity index (χ0v) is 8.65. The molecule has 0 spiro atoms. The van der Waals surface area contributed by atoms with Crippen LogP contribution in [0.3, 0.4) is 0 Å². The van der Waals surface area contributed by atoms with E-state index in [1.807, 2.05) is 0 Å². The van der Waals surface area contributed by atoms with E-state index >= 15 is 0 Å². The first-order chi connectivity index (χ1) is 5.88. The van der Waals surface area contributed by atoms with Gasteiger partial charge >= 0.3 is 0 Å². The van der Waals surface area contributed by atoms with Crippen LogP contribution in [0.5, 0.6) is 0 Å².